The second-order valence-corrected chi connectivity index (χ2v) is 5.70. The molecule has 2 aromatic rings. The van der Waals surface area contributed by atoms with Crippen LogP contribution in [-0.2, 0) is 13.1 Å². The van der Waals surface area contributed by atoms with Crippen molar-refractivity contribution in [1.29, 1.82) is 0 Å². The first-order valence-electron chi connectivity index (χ1n) is 8.36. The zero-order valence-electron chi connectivity index (χ0n) is 15.8. The Morgan fingerprint density at radius 1 is 1.29 bits per heavy atom. The van der Waals surface area contributed by atoms with Crippen LogP contribution >= 0.6 is 24.0 Å². The van der Waals surface area contributed by atoms with E-state index in [0.29, 0.717) is 30.5 Å². The fourth-order valence-corrected chi connectivity index (χ4v) is 2.07. The lowest BCUT2D eigenvalue weighted by molar-refractivity contribution is -0.154. The van der Waals surface area contributed by atoms with E-state index in [1.807, 2.05) is 20.8 Å². The average Bonchev–Trinajstić information content (AvgIpc) is 2.93. The summed E-state index contributed by atoms with van der Waals surface area (Å²) in [7, 11) is 0. The average molecular weight is 513 g/mol. The van der Waals surface area contributed by atoms with Crippen LogP contribution in [0.25, 0.3) is 0 Å². The second kappa shape index (κ2) is 11.1. The van der Waals surface area contributed by atoms with Crippen molar-refractivity contribution in [3.8, 4) is 5.88 Å². The summed E-state index contributed by atoms with van der Waals surface area (Å²) in [6.07, 6.45) is -3.02. The Kier molecular flexibility index (Phi) is 9.49. The molecule has 0 amide bonds. The summed E-state index contributed by atoms with van der Waals surface area (Å²) in [4.78, 5) is 12.5. The van der Waals surface area contributed by atoms with E-state index in [0.717, 1.165) is 11.5 Å². The monoisotopic (exact) mass is 513 g/mol. The number of hydrogen-bond donors (Lipinski definition) is 2. The summed E-state index contributed by atoms with van der Waals surface area (Å²) in [6.45, 7) is 5.49. The van der Waals surface area contributed by atoms with Crippen LogP contribution in [0.2, 0.25) is 0 Å². The quantitative estimate of drug-likeness (QED) is 0.335. The van der Waals surface area contributed by atoms with E-state index in [-0.39, 0.29) is 36.4 Å². The van der Waals surface area contributed by atoms with Gasteiger partial charge in [0, 0.05) is 18.8 Å². The highest BCUT2D eigenvalue weighted by atomic mass is 127. The molecule has 0 saturated carbocycles. The Balaban J connectivity index is 0.00000392. The van der Waals surface area contributed by atoms with Crippen molar-refractivity contribution in [2.75, 3.05) is 13.2 Å². The molecular formula is C17H23F3IN5O2. The Labute approximate surface area is 178 Å². The van der Waals surface area contributed by atoms with Gasteiger partial charge in [0.2, 0.25) is 11.8 Å². The van der Waals surface area contributed by atoms with E-state index in [4.69, 9.17) is 4.42 Å². The van der Waals surface area contributed by atoms with E-state index >= 15 is 0 Å². The fraction of sp³-hybridized carbons (Fsp3) is 0.471. The van der Waals surface area contributed by atoms with Gasteiger partial charge in [0.25, 0.3) is 0 Å². The van der Waals surface area contributed by atoms with Crippen LogP contribution in [0.1, 0.15) is 29.8 Å². The van der Waals surface area contributed by atoms with Gasteiger partial charge in [0.15, 0.2) is 12.6 Å². The molecule has 0 unspecified atom stereocenters. The van der Waals surface area contributed by atoms with Crippen molar-refractivity contribution >= 4 is 29.9 Å². The molecule has 11 heteroatoms. The predicted octanol–water partition coefficient (Wildman–Crippen LogP) is 3.50. The van der Waals surface area contributed by atoms with Crippen molar-refractivity contribution in [2.24, 2.45) is 4.99 Å². The van der Waals surface area contributed by atoms with Crippen LogP contribution in [0.4, 0.5) is 13.2 Å². The number of aliphatic imine (C=N–C) groups is 1. The van der Waals surface area contributed by atoms with Gasteiger partial charge in [-0.3, -0.25) is 0 Å². The van der Waals surface area contributed by atoms with Crippen molar-refractivity contribution in [2.45, 2.75) is 40.0 Å². The molecule has 0 aromatic carbocycles. The number of hydrogen-bond acceptors (Lipinski definition) is 5. The summed E-state index contributed by atoms with van der Waals surface area (Å²) in [5.41, 5.74) is 1.50. The van der Waals surface area contributed by atoms with Crippen molar-refractivity contribution < 1.29 is 22.3 Å². The molecule has 2 heterocycles. The fourth-order valence-electron chi connectivity index (χ4n) is 2.07. The Bertz CT molecular complexity index is 761. The first-order valence-corrected chi connectivity index (χ1v) is 8.36. The predicted molar refractivity (Wildman–Crippen MR) is 109 cm³/mol. The largest absolute Gasteiger partial charge is 0.468 e. The molecule has 0 saturated heterocycles. The minimum Gasteiger partial charge on any atom is -0.468 e. The minimum atomic E-state index is -4.41. The Morgan fingerprint density at radius 3 is 2.64 bits per heavy atom. The topological polar surface area (TPSA) is 84.6 Å². The number of nitrogens with one attached hydrogen (secondary N) is 2. The number of halogens is 4. The normalized spacial score (nSPS) is 11.7. The van der Waals surface area contributed by atoms with Gasteiger partial charge in [-0.1, -0.05) is 0 Å². The standard InChI is InChI=1S/C17H22F3N5O2.HI/c1-4-21-16(24-9-15-25-11(2)12(3)27-15)23-8-13-5-6-22-14(7-13)26-10-17(18,19)20;/h5-7H,4,8-10H2,1-3H3,(H2,21,23,24);1H. The first-order chi connectivity index (χ1) is 12.8. The summed E-state index contributed by atoms with van der Waals surface area (Å²) in [5.74, 6) is 1.74. The van der Waals surface area contributed by atoms with E-state index in [9.17, 15) is 13.2 Å². The number of rotatable bonds is 7. The second-order valence-electron chi connectivity index (χ2n) is 5.70. The van der Waals surface area contributed by atoms with E-state index < -0.39 is 12.8 Å². The summed E-state index contributed by atoms with van der Waals surface area (Å²) in [6, 6.07) is 3.09. The van der Waals surface area contributed by atoms with Gasteiger partial charge in [-0.2, -0.15) is 13.2 Å². The van der Waals surface area contributed by atoms with Gasteiger partial charge in [0.1, 0.15) is 5.76 Å². The van der Waals surface area contributed by atoms with Crippen LogP contribution in [0.15, 0.2) is 27.7 Å². The van der Waals surface area contributed by atoms with Crippen LogP contribution in [0.3, 0.4) is 0 Å². The Morgan fingerprint density at radius 2 is 2.04 bits per heavy atom. The molecule has 2 aromatic heterocycles. The SMILES string of the molecule is CCNC(=NCc1ccnc(OCC(F)(F)F)c1)NCc1nc(C)c(C)o1.I. The molecule has 2 N–H and O–H groups in total. The maximum absolute atomic E-state index is 12.2. The number of oxazole rings is 1. The summed E-state index contributed by atoms with van der Waals surface area (Å²) < 4.78 is 46.8. The Hall–Kier alpha value is -2.05. The van der Waals surface area contributed by atoms with Gasteiger partial charge in [-0.25, -0.2) is 15.0 Å². The molecule has 28 heavy (non-hydrogen) atoms. The smallest absolute Gasteiger partial charge is 0.422 e. The zero-order chi connectivity index (χ0) is 19.9. The highest BCUT2D eigenvalue weighted by molar-refractivity contribution is 14.0. The molecule has 0 atom stereocenters. The highest BCUT2D eigenvalue weighted by Crippen LogP contribution is 2.17. The maximum Gasteiger partial charge on any atom is 0.422 e. The maximum atomic E-state index is 12.2. The number of ether oxygens (including phenoxy) is 1. The lowest BCUT2D eigenvalue weighted by Gasteiger charge is -2.10. The molecule has 0 aliphatic heterocycles. The third-order valence-electron chi connectivity index (χ3n) is 3.43. The minimum absolute atomic E-state index is 0. The number of guanidine groups is 1. The van der Waals surface area contributed by atoms with Crippen molar-refractivity contribution in [3.63, 3.8) is 0 Å². The van der Waals surface area contributed by atoms with Crippen molar-refractivity contribution in [3.05, 3.63) is 41.2 Å². The van der Waals surface area contributed by atoms with Gasteiger partial charge in [0.05, 0.1) is 18.8 Å². The number of pyridine rings is 1. The molecule has 0 aliphatic rings. The van der Waals surface area contributed by atoms with Crippen LogP contribution in [-0.4, -0.2) is 35.3 Å². The highest BCUT2D eigenvalue weighted by Gasteiger charge is 2.28. The first kappa shape index (κ1) is 24.0. The molecule has 0 spiro atoms. The number of aryl methyl sites for hydroxylation is 2. The van der Waals surface area contributed by atoms with Gasteiger partial charge >= 0.3 is 6.18 Å². The van der Waals surface area contributed by atoms with Crippen LogP contribution in [0.5, 0.6) is 5.88 Å². The van der Waals surface area contributed by atoms with Crippen molar-refractivity contribution in [1.82, 2.24) is 20.6 Å². The molecule has 0 bridgehead atoms. The molecule has 156 valence electrons. The lowest BCUT2D eigenvalue weighted by atomic mass is 10.3. The summed E-state index contributed by atoms with van der Waals surface area (Å²) >= 11 is 0. The molecule has 0 fully saturated rings. The summed E-state index contributed by atoms with van der Waals surface area (Å²) in [5, 5.41) is 6.17. The molecule has 7 nitrogen and oxygen atoms in total. The van der Waals surface area contributed by atoms with Crippen LogP contribution < -0.4 is 15.4 Å². The lowest BCUT2D eigenvalue weighted by Crippen LogP contribution is -2.36. The molecular weight excluding hydrogens is 490 g/mol. The van der Waals surface area contributed by atoms with E-state index in [1.54, 1.807) is 6.07 Å². The van der Waals surface area contributed by atoms with E-state index in [1.165, 1.54) is 12.3 Å². The molecule has 2 rings (SSSR count). The number of alkyl halides is 3. The molecule has 0 aliphatic carbocycles. The zero-order valence-corrected chi connectivity index (χ0v) is 18.1. The van der Waals surface area contributed by atoms with Gasteiger partial charge < -0.3 is 19.8 Å². The third-order valence-corrected chi connectivity index (χ3v) is 3.43. The van der Waals surface area contributed by atoms with E-state index in [2.05, 4.69) is 30.3 Å². The van der Waals surface area contributed by atoms with Crippen LogP contribution in [0, 0.1) is 13.8 Å². The number of aromatic nitrogens is 2. The van der Waals surface area contributed by atoms with Gasteiger partial charge in [-0.15, -0.1) is 24.0 Å². The third kappa shape index (κ3) is 8.31. The number of nitrogens with zero attached hydrogens (tertiary/aromatic N) is 3. The molecule has 0 radical (unpaired) electrons. The van der Waals surface area contributed by atoms with Gasteiger partial charge in [-0.05, 0) is 32.4 Å².